The Hall–Kier alpha value is -5.94. The third-order valence-corrected chi connectivity index (χ3v) is 7.93. The Labute approximate surface area is 270 Å². The molecular weight excluding hydrogens is 597 g/mol. The number of anilines is 1. The first-order valence-corrected chi connectivity index (χ1v) is 15.1. The van der Waals surface area contributed by atoms with Crippen LogP contribution in [0.1, 0.15) is 21.5 Å². The maximum Gasteiger partial charge on any atom is 0.207 e. The fourth-order valence-corrected chi connectivity index (χ4v) is 5.51. The second kappa shape index (κ2) is 14.0. The van der Waals surface area contributed by atoms with Crippen LogP contribution >= 0.6 is 0 Å². The van der Waals surface area contributed by atoms with Gasteiger partial charge in [-0.2, -0.15) is 0 Å². The quantitative estimate of drug-likeness (QED) is 0.117. The molecule has 3 aromatic heterocycles. The molecule has 0 aliphatic carbocycles. The van der Waals surface area contributed by atoms with E-state index in [2.05, 4.69) is 15.2 Å². The van der Waals surface area contributed by atoms with Crippen LogP contribution in [0.15, 0.2) is 97.2 Å². The van der Waals surface area contributed by atoms with E-state index in [4.69, 9.17) is 15.7 Å². The Morgan fingerprint density at radius 2 is 1.68 bits per heavy atom. The van der Waals surface area contributed by atoms with Crippen LogP contribution in [-0.2, 0) is 17.8 Å². The van der Waals surface area contributed by atoms with Gasteiger partial charge in [0.25, 0.3) is 0 Å². The first-order chi connectivity index (χ1) is 22.9. The van der Waals surface area contributed by atoms with Crippen molar-refractivity contribution in [1.29, 1.82) is 0 Å². The minimum Gasteiger partial charge on any atom is -0.507 e. The lowest BCUT2D eigenvalue weighted by Crippen LogP contribution is -2.33. The van der Waals surface area contributed by atoms with Crippen LogP contribution in [0.3, 0.4) is 0 Å². The molecule has 47 heavy (non-hydrogen) atoms. The van der Waals surface area contributed by atoms with Crippen molar-refractivity contribution in [2.75, 3.05) is 25.4 Å². The standard InChI is InChI=1S/C36H32FN7O3/c37-30-6-2-1-4-28(30)31-12-13-32-36(41-31)44(35(42-32)29-5-3-16-40-34(29)38)27-10-7-25(8-11-27)21-43(19-17-39-23-46)18-15-24-9-14-33(47)26(20-24)22-45/h1-14,16,20,22-23,47H,15,17-19,21H2,(H2,38,40)(H,39,46). The van der Waals surface area contributed by atoms with Gasteiger partial charge in [-0.1, -0.05) is 30.3 Å². The highest BCUT2D eigenvalue weighted by molar-refractivity contribution is 5.84. The molecular formula is C36H32FN7O3. The van der Waals surface area contributed by atoms with E-state index in [1.165, 1.54) is 12.1 Å². The van der Waals surface area contributed by atoms with Crippen LogP contribution in [0.2, 0.25) is 0 Å². The molecule has 0 atom stereocenters. The Kier molecular flexibility index (Phi) is 9.26. The van der Waals surface area contributed by atoms with Crippen LogP contribution in [0.25, 0.3) is 39.5 Å². The molecule has 3 aromatic carbocycles. The lowest BCUT2D eigenvalue weighted by atomic mass is 10.1. The van der Waals surface area contributed by atoms with Gasteiger partial charge in [0.15, 0.2) is 17.8 Å². The molecule has 0 saturated heterocycles. The molecule has 0 bridgehead atoms. The zero-order chi connectivity index (χ0) is 32.8. The summed E-state index contributed by atoms with van der Waals surface area (Å²) in [7, 11) is 0. The van der Waals surface area contributed by atoms with Crippen molar-refractivity contribution in [2.45, 2.75) is 13.0 Å². The lowest BCUT2D eigenvalue weighted by Gasteiger charge is -2.23. The fraction of sp³-hybridized carbons (Fsp3) is 0.139. The van der Waals surface area contributed by atoms with Gasteiger partial charge < -0.3 is 16.2 Å². The summed E-state index contributed by atoms with van der Waals surface area (Å²) in [6.45, 7) is 2.34. The number of phenolic OH excluding ortho intramolecular Hbond substituents is 1. The largest absolute Gasteiger partial charge is 0.507 e. The number of halogens is 1. The summed E-state index contributed by atoms with van der Waals surface area (Å²) in [5.41, 5.74) is 12.0. The molecule has 236 valence electrons. The van der Waals surface area contributed by atoms with Crippen molar-refractivity contribution in [2.24, 2.45) is 0 Å². The highest BCUT2D eigenvalue weighted by atomic mass is 19.1. The normalized spacial score (nSPS) is 11.2. The van der Waals surface area contributed by atoms with E-state index in [-0.39, 0.29) is 17.1 Å². The maximum absolute atomic E-state index is 14.7. The molecule has 0 saturated carbocycles. The van der Waals surface area contributed by atoms with E-state index >= 15 is 0 Å². The molecule has 0 spiro atoms. The number of imidazole rings is 1. The summed E-state index contributed by atoms with van der Waals surface area (Å²) in [6, 6.07) is 26.7. The van der Waals surface area contributed by atoms with Crippen molar-refractivity contribution in [3.05, 3.63) is 120 Å². The first-order valence-electron chi connectivity index (χ1n) is 15.1. The number of carbonyl (C=O) groups is 2. The summed E-state index contributed by atoms with van der Waals surface area (Å²) in [4.78, 5) is 38.4. The maximum atomic E-state index is 14.7. The van der Waals surface area contributed by atoms with Gasteiger partial charge in [0.05, 0.1) is 16.8 Å². The summed E-state index contributed by atoms with van der Waals surface area (Å²) in [5.74, 6) is 0.466. The smallest absolute Gasteiger partial charge is 0.207 e. The zero-order valence-corrected chi connectivity index (χ0v) is 25.4. The lowest BCUT2D eigenvalue weighted by molar-refractivity contribution is -0.109. The van der Waals surface area contributed by atoms with Gasteiger partial charge in [0, 0.05) is 43.6 Å². The third kappa shape index (κ3) is 6.85. The molecule has 4 N–H and O–H groups in total. The SMILES string of the molecule is Nc1ncccc1-c1nc2ccc(-c3ccccc3F)nc2n1-c1ccc(CN(CCNC=O)CCc2ccc(O)c(C=O)c2)cc1. The highest BCUT2D eigenvalue weighted by Crippen LogP contribution is 2.32. The van der Waals surface area contributed by atoms with Crippen molar-refractivity contribution in [1.82, 2.24) is 29.7 Å². The summed E-state index contributed by atoms with van der Waals surface area (Å²) in [5, 5.41) is 12.6. The highest BCUT2D eigenvalue weighted by Gasteiger charge is 2.19. The second-order valence-electron chi connectivity index (χ2n) is 11.0. The van der Waals surface area contributed by atoms with E-state index < -0.39 is 0 Å². The van der Waals surface area contributed by atoms with Gasteiger partial charge >= 0.3 is 0 Å². The number of hydrogen-bond acceptors (Lipinski definition) is 8. The van der Waals surface area contributed by atoms with Crippen LogP contribution < -0.4 is 11.1 Å². The summed E-state index contributed by atoms with van der Waals surface area (Å²) < 4.78 is 16.6. The number of nitrogen functional groups attached to an aromatic ring is 1. The monoisotopic (exact) mass is 629 g/mol. The van der Waals surface area contributed by atoms with Gasteiger partial charge in [-0.3, -0.25) is 19.1 Å². The molecule has 0 fully saturated rings. The molecule has 10 nitrogen and oxygen atoms in total. The number of aldehydes is 1. The van der Waals surface area contributed by atoms with Crippen LogP contribution in [0.4, 0.5) is 10.2 Å². The number of hydrogen-bond donors (Lipinski definition) is 3. The number of aromatic hydroxyl groups is 1. The van der Waals surface area contributed by atoms with E-state index in [9.17, 15) is 19.1 Å². The zero-order valence-electron chi connectivity index (χ0n) is 25.4. The van der Waals surface area contributed by atoms with Gasteiger partial charge in [-0.25, -0.2) is 19.3 Å². The van der Waals surface area contributed by atoms with E-state index in [0.29, 0.717) is 84.9 Å². The number of aromatic nitrogens is 4. The molecule has 0 aliphatic rings. The number of pyridine rings is 2. The Morgan fingerprint density at radius 3 is 2.45 bits per heavy atom. The minimum atomic E-state index is -0.367. The Morgan fingerprint density at radius 1 is 0.894 bits per heavy atom. The molecule has 0 unspecified atom stereocenters. The van der Waals surface area contributed by atoms with Crippen LogP contribution in [-0.4, -0.2) is 61.9 Å². The number of carbonyl (C=O) groups excluding carboxylic acids is 2. The van der Waals surface area contributed by atoms with Crippen molar-refractivity contribution >= 4 is 29.7 Å². The summed E-state index contributed by atoms with van der Waals surface area (Å²) in [6.07, 6.45) is 3.58. The molecule has 0 radical (unpaired) electrons. The van der Waals surface area contributed by atoms with Crippen molar-refractivity contribution < 1.29 is 19.1 Å². The Balaban J connectivity index is 1.33. The van der Waals surface area contributed by atoms with Gasteiger partial charge in [0.1, 0.15) is 22.9 Å². The topological polar surface area (TPSA) is 139 Å². The molecule has 6 aromatic rings. The molecule has 1 amide bonds. The third-order valence-electron chi connectivity index (χ3n) is 7.93. The van der Waals surface area contributed by atoms with Crippen molar-refractivity contribution in [3.8, 4) is 34.1 Å². The minimum absolute atomic E-state index is 0.0467. The van der Waals surface area contributed by atoms with Gasteiger partial charge in [0.2, 0.25) is 6.41 Å². The predicted molar refractivity (Wildman–Crippen MR) is 178 cm³/mol. The summed E-state index contributed by atoms with van der Waals surface area (Å²) >= 11 is 0. The average molecular weight is 630 g/mol. The van der Waals surface area contributed by atoms with E-state index in [1.807, 2.05) is 41.0 Å². The number of nitrogens with two attached hydrogens (primary N) is 1. The number of fused-ring (bicyclic) bond motifs is 1. The van der Waals surface area contributed by atoms with E-state index in [0.717, 1.165) is 16.8 Å². The number of rotatable bonds is 13. The predicted octanol–water partition coefficient (Wildman–Crippen LogP) is 5.18. The number of amides is 1. The van der Waals surface area contributed by atoms with Crippen LogP contribution in [0.5, 0.6) is 5.75 Å². The van der Waals surface area contributed by atoms with Gasteiger partial charge in [-0.15, -0.1) is 0 Å². The van der Waals surface area contributed by atoms with Crippen molar-refractivity contribution in [3.63, 3.8) is 0 Å². The number of benzene rings is 3. The fourth-order valence-electron chi connectivity index (χ4n) is 5.51. The van der Waals surface area contributed by atoms with E-state index in [1.54, 1.807) is 48.7 Å². The van der Waals surface area contributed by atoms with Gasteiger partial charge in [-0.05, 0) is 78.2 Å². The average Bonchev–Trinajstić information content (AvgIpc) is 3.47. The molecule has 11 heteroatoms. The number of nitrogens with zero attached hydrogens (tertiary/aromatic N) is 5. The van der Waals surface area contributed by atoms with Crippen LogP contribution in [0, 0.1) is 5.82 Å². The number of phenols is 1. The number of nitrogens with one attached hydrogen (secondary N) is 1. The molecule has 6 rings (SSSR count). The molecule has 3 heterocycles. The second-order valence-corrected chi connectivity index (χ2v) is 11.0. The Bertz CT molecular complexity index is 2050. The first kappa shape index (κ1) is 31.1. The molecule has 0 aliphatic heterocycles.